The van der Waals surface area contributed by atoms with E-state index in [1.54, 1.807) is 42.2 Å². The number of thiazole rings is 4. The van der Waals surface area contributed by atoms with Crippen LogP contribution in [0.1, 0.15) is 113 Å². The van der Waals surface area contributed by atoms with E-state index in [0.717, 1.165) is 208 Å². The summed E-state index contributed by atoms with van der Waals surface area (Å²) >= 11 is 11.8. The van der Waals surface area contributed by atoms with E-state index in [1.165, 1.54) is 91.8 Å². The number of nitrogens with two attached hydrogens (primary N) is 4. The molecule has 35 heteroatoms. The van der Waals surface area contributed by atoms with Crippen LogP contribution in [0, 0.1) is 0 Å². The van der Waals surface area contributed by atoms with Crippen LogP contribution < -0.4 is 28.3 Å². The van der Waals surface area contributed by atoms with Crippen molar-refractivity contribution in [2.75, 3.05) is 87.2 Å². The second-order valence-corrected chi connectivity index (χ2v) is 44.7. The molecule has 0 saturated carbocycles. The molecule has 0 aliphatic carbocycles. The van der Waals surface area contributed by atoms with E-state index >= 15 is 0 Å². The van der Waals surface area contributed by atoms with E-state index in [0.29, 0.717) is 70.5 Å². The standard InChI is InChI=1S/C25H29N5O2S3.C23H26N4OS3.C23H23N3O3S3.C21H21N3O2S3/c1-4-5-13-35(32)25-21(26)20-18(15-19(29-24(20)34-25)23-28-10-12-33-23)16-7-6-8-17(14-16)22(31)27-9-11-30(2)3;1-4-5-12-31(28)23-20(24)19-17(16-8-6-15(7-9-16)14-27(2)3)13-18(26-22(19)30-23)21-25-10-11-29-21;1-3-4-11-32(28)23-20(24)19-17(16-7-5-15(6-8-16)13-29-14(2)27)12-18(26-22(19)31-23)21-25-9-10-30-21;1-2-3-10-29(26)21-18(22)17-15(14-6-4-13(12-25)5-7-14)11-16(24-20(17)28-21)19-23-8-9-27-19/h6-8,10,12,14-15H,4-5,9,11,13,26H2,1-3H3,(H,27,31);6-11,13H,4-5,12,14,24H2,1-3H3;5-10,12H,3-4,11,13,24H2,1-2H3;4-9,11,25H,2-3,10,12,22H2,1H3. The van der Waals surface area contributed by atoms with Gasteiger partial charge in [-0.15, -0.1) is 90.7 Å². The normalized spacial score (nSPS) is 12.4. The number of unbranched alkanes of at least 4 members (excludes halogenated alkanes) is 4. The number of aliphatic hydroxyl groups excluding tert-OH is 1. The van der Waals surface area contributed by atoms with Crippen molar-refractivity contribution in [3.8, 4) is 87.3 Å². The summed E-state index contributed by atoms with van der Waals surface area (Å²) in [5.74, 6) is 1.96. The Balaban J connectivity index is 0.000000145. The molecule has 23 nitrogen and oxygen atoms in total. The number of carbonyl (C=O) groups excluding carboxylic acids is 2. The number of benzene rings is 4. The van der Waals surface area contributed by atoms with E-state index in [1.807, 2.05) is 125 Å². The lowest BCUT2D eigenvalue weighted by molar-refractivity contribution is -0.142. The number of anilines is 4. The molecule has 12 aromatic heterocycles. The number of hydrogen-bond acceptors (Lipinski definition) is 30. The van der Waals surface area contributed by atoms with Crippen molar-refractivity contribution in [1.82, 2.24) is 55.0 Å². The third-order valence-corrected chi connectivity index (χ3v) is 35.2. The van der Waals surface area contributed by atoms with Crippen molar-refractivity contribution < 1.29 is 36.3 Å². The van der Waals surface area contributed by atoms with Crippen molar-refractivity contribution in [1.29, 1.82) is 0 Å². The molecule has 16 rings (SSSR count). The van der Waals surface area contributed by atoms with E-state index < -0.39 is 43.2 Å². The molecule has 662 valence electrons. The molecule has 4 aromatic carbocycles. The molecular weight excluding hydrogens is 1830 g/mol. The Morgan fingerprint density at radius 3 is 1.04 bits per heavy atom. The number of rotatable bonds is 33. The maximum Gasteiger partial charge on any atom is 0.302 e. The summed E-state index contributed by atoms with van der Waals surface area (Å²) in [5.41, 5.74) is 42.6. The summed E-state index contributed by atoms with van der Waals surface area (Å²) in [6.45, 7) is 12.2. The van der Waals surface area contributed by atoms with Crippen LogP contribution in [0.25, 0.3) is 128 Å². The number of aliphatic hydroxyl groups is 1. The Bertz CT molecular complexity index is 6530. The van der Waals surface area contributed by atoms with Gasteiger partial charge in [0.2, 0.25) is 0 Å². The van der Waals surface area contributed by atoms with Gasteiger partial charge in [-0.05, 0) is 151 Å². The molecule has 127 heavy (non-hydrogen) atoms. The average Bonchev–Trinajstić information content (AvgIpc) is 1.64. The number of carbonyl (C=O) groups is 2. The minimum atomic E-state index is -1.18. The lowest BCUT2D eigenvalue weighted by atomic mass is 9.99. The smallest absolute Gasteiger partial charge is 0.302 e. The quantitative estimate of drug-likeness (QED) is 0.0208. The van der Waals surface area contributed by atoms with E-state index in [9.17, 15) is 31.5 Å². The van der Waals surface area contributed by atoms with E-state index in [4.69, 9.17) is 47.6 Å². The van der Waals surface area contributed by atoms with Crippen molar-refractivity contribution in [2.45, 2.75) is 123 Å². The fourth-order valence-corrected chi connectivity index (χ4v) is 27.1. The van der Waals surface area contributed by atoms with Gasteiger partial charge in [0.15, 0.2) is 0 Å². The van der Waals surface area contributed by atoms with Crippen LogP contribution in [0.5, 0.6) is 0 Å². The lowest BCUT2D eigenvalue weighted by Crippen LogP contribution is -2.31. The second kappa shape index (κ2) is 45.1. The van der Waals surface area contributed by atoms with Gasteiger partial charge in [-0.1, -0.05) is 138 Å². The summed E-state index contributed by atoms with van der Waals surface area (Å²) in [6.07, 6.45) is 14.6. The van der Waals surface area contributed by atoms with Gasteiger partial charge in [0.25, 0.3) is 5.91 Å². The van der Waals surface area contributed by atoms with Crippen molar-refractivity contribution in [2.24, 2.45) is 0 Å². The van der Waals surface area contributed by atoms with Crippen LogP contribution in [0.4, 0.5) is 22.7 Å². The van der Waals surface area contributed by atoms with Crippen LogP contribution in [0.3, 0.4) is 0 Å². The maximum absolute atomic E-state index is 13.0. The summed E-state index contributed by atoms with van der Waals surface area (Å²) < 4.78 is 59.5. The lowest BCUT2D eigenvalue weighted by Gasteiger charge is -2.12. The highest BCUT2D eigenvalue weighted by Crippen LogP contribution is 2.49. The summed E-state index contributed by atoms with van der Waals surface area (Å²) in [5, 5.41) is 26.7. The molecule has 0 spiro atoms. The highest BCUT2D eigenvalue weighted by molar-refractivity contribution is 7.88. The summed E-state index contributed by atoms with van der Waals surface area (Å²) in [4.78, 5) is 68.1. The number of esters is 1. The minimum absolute atomic E-state index is 0.00243. The SMILES string of the molecule is CCCCS(=O)c1sc2nc(-c3nccs3)cc(-c3ccc(CN(C)C)cc3)c2c1N.CCCCS(=O)c1sc2nc(-c3nccs3)cc(-c3ccc(CO)cc3)c2c1N.CCCCS(=O)c1sc2nc(-c3nccs3)cc(-c3ccc(COC(C)=O)cc3)c2c1N.CCCCS(=O)c1sc2nc(-c3nccs3)cc(-c3cccc(C(=O)NCCN(C)C)c3)c2c1N. The number of hydrogen-bond donors (Lipinski definition) is 6. The third-order valence-electron chi connectivity index (χ3n) is 20.0. The van der Waals surface area contributed by atoms with Gasteiger partial charge >= 0.3 is 5.97 Å². The molecule has 0 aliphatic rings. The number of pyridine rings is 4. The molecule has 0 bridgehead atoms. The number of ether oxygens (including phenoxy) is 1. The number of nitrogens with zero attached hydrogens (tertiary/aromatic N) is 10. The summed E-state index contributed by atoms with van der Waals surface area (Å²) in [6, 6.07) is 39.6. The summed E-state index contributed by atoms with van der Waals surface area (Å²) in [7, 11) is 3.48. The molecular formula is C92H99N15O8S12. The first-order valence-electron chi connectivity index (χ1n) is 41.2. The number of likely N-dealkylation sites (N-methyl/N-ethyl adjacent to an activating group) is 1. The predicted octanol–water partition coefficient (Wildman–Crippen LogP) is 21.2. The van der Waals surface area contributed by atoms with Crippen molar-refractivity contribution in [3.05, 3.63) is 190 Å². The highest BCUT2D eigenvalue weighted by Gasteiger charge is 2.28. The van der Waals surface area contributed by atoms with Crippen molar-refractivity contribution >= 4 is 209 Å². The van der Waals surface area contributed by atoms with Crippen LogP contribution in [0.2, 0.25) is 0 Å². The van der Waals surface area contributed by atoms with Gasteiger partial charge in [0.05, 0.1) is 72.6 Å². The fraction of sp³-hybridized carbons (Fsp3) is 0.283. The molecule has 16 aromatic rings. The van der Waals surface area contributed by atoms with Gasteiger partial charge in [0, 0.05) is 123 Å². The van der Waals surface area contributed by atoms with Gasteiger partial charge in [-0.25, -0.2) is 39.9 Å². The Hall–Kier alpha value is -9.54. The van der Waals surface area contributed by atoms with E-state index in [-0.39, 0.29) is 25.1 Å². The van der Waals surface area contributed by atoms with Crippen LogP contribution in [-0.4, -0.2) is 148 Å². The Labute approximate surface area is 780 Å². The highest BCUT2D eigenvalue weighted by atomic mass is 32.2. The zero-order chi connectivity index (χ0) is 90.0. The second-order valence-electron chi connectivity index (χ2n) is 30.0. The molecule has 4 unspecified atom stereocenters. The topological polar surface area (TPSA) is 358 Å². The van der Waals surface area contributed by atoms with Gasteiger partial charge in [-0.2, -0.15) is 0 Å². The maximum atomic E-state index is 13.0. The third kappa shape index (κ3) is 23.4. The molecule has 0 radical (unpaired) electrons. The number of thiophene rings is 4. The molecule has 0 saturated heterocycles. The Morgan fingerprint density at radius 2 is 0.748 bits per heavy atom. The number of amides is 1. The molecule has 1 amide bonds. The first-order chi connectivity index (χ1) is 61.4. The number of fused-ring (bicyclic) bond motifs is 4. The average molecular weight is 1930 g/mol. The van der Waals surface area contributed by atoms with Gasteiger partial charge in [-0.3, -0.25) is 26.4 Å². The molecule has 4 atom stereocenters. The Morgan fingerprint density at radius 1 is 0.425 bits per heavy atom. The van der Waals surface area contributed by atoms with Gasteiger partial charge < -0.3 is 47.9 Å². The molecule has 0 fully saturated rings. The fourth-order valence-electron chi connectivity index (χ4n) is 13.5. The Kier molecular flexibility index (Phi) is 33.8. The van der Waals surface area contributed by atoms with Crippen LogP contribution >= 0.6 is 90.7 Å². The van der Waals surface area contributed by atoms with Crippen LogP contribution in [0.15, 0.2) is 184 Å². The van der Waals surface area contributed by atoms with Crippen LogP contribution in [-0.2, 0) is 72.5 Å². The predicted molar refractivity (Wildman–Crippen MR) is 537 cm³/mol. The molecule has 0 aliphatic heterocycles. The van der Waals surface area contributed by atoms with Crippen molar-refractivity contribution in [3.63, 3.8) is 0 Å². The zero-order valence-electron chi connectivity index (χ0n) is 71.7. The number of nitrogens with one attached hydrogen (secondary N) is 1. The number of nitrogen functional groups attached to an aromatic ring is 4. The first-order valence-corrected chi connectivity index (χ1v) is 53.3. The zero-order valence-corrected chi connectivity index (χ0v) is 81.5. The van der Waals surface area contributed by atoms with E-state index in [2.05, 4.69) is 102 Å². The minimum Gasteiger partial charge on any atom is -0.461 e. The molecule has 10 N–H and O–H groups in total. The first kappa shape index (κ1) is 95.1. The number of aromatic nitrogens is 8. The largest absolute Gasteiger partial charge is 0.461 e. The monoisotopic (exact) mass is 1930 g/mol. The molecule has 12 heterocycles. The van der Waals surface area contributed by atoms with Gasteiger partial charge in [0.1, 0.15) is 85.6 Å².